The van der Waals surface area contributed by atoms with Gasteiger partial charge < -0.3 is 45.1 Å². The van der Waals surface area contributed by atoms with Crippen molar-refractivity contribution in [2.75, 3.05) is 13.2 Å². The fourth-order valence-corrected chi connectivity index (χ4v) is 9.83. The van der Waals surface area contributed by atoms with Gasteiger partial charge in [0, 0.05) is 6.42 Å². The summed E-state index contributed by atoms with van der Waals surface area (Å²) < 4.78 is 17.6. The van der Waals surface area contributed by atoms with Gasteiger partial charge in [0.05, 0.1) is 25.4 Å². The Morgan fingerprint density at radius 3 is 1.32 bits per heavy atom. The van der Waals surface area contributed by atoms with Gasteiger partial charge in [-0.25, -0.2) is 0 Å². The molecule has 0 aliphatic carbocycles. The van der Waals surface area contributed by atoms with Crippen LogP contribution in [0.5, 0.6) is 0 Å². The average molecular weight is 1010 g/mol. The van der Waals surface area contributed by atoms with Crippen LogP contribution in [0.3, 0.4) is 0 Å². The highest BCUT2D eigenvalue weighted by atomic mass is 16.7. The number of allylic oxidation sites excluding steroid dienone is 1. The van der Waals surface area contributed by atoms with E-state index in [4.69, 9.17) is 14.2 Å². The number of ether oxygens (including phenoxy) is 3. The second kappa shape index (κ2) is 49.3. The zero-order valence-electron chi connectivity index (χ0n) is 46.4. The maximum absolute atomic E-state index is 13.4. The van der Waals surface area contributed by atoms with E-state index in [0.717, 1.165) is 57.8 Å². The largest absolute Gasteiger partial charge is 0.454 e. The topological polar surface area (TPSA) is 175 Å². The molecule has 1 heterocycles. The second-order valence-corrected chi connectivity index (χ2v) is 21.5. The van der Waals surface area contributed by atoms with E-state index >= 15 is 0 Å². The lowest BCUT2D eigenvalue weighted by atomic mass is 9.99. The van der Waals surface area contributed by atoms with Crippen molar-refractivity contribution in [2.45, 2.75) is 346 Å². The molecule has 1 fully saturated rings. The Hall–Kier alpha value is -1.60. The molecule has 0 aromatic carbocycles. The predicted molar refractivity (Wildman–Crippen MR) is 292 cm³/mol. The summed E-state index contributed by atoms with van der Waals surface area (Å²) in [6, 6.07) is -1.01. The molecule has 1 aliphatic heterocycles. The molecule has 1 aliphatic rings. The van der Waals surface area contributed by atoms with Gasteiger partial charge in [0.2, 0.25) is 5.91 Å². The Kier molecular flexibility index (Phi) is 46.8. The minimum atomic E-state index is -1.60. The SMILES string of the molecule is CCCCCCCCCCCCC/C=C/C(O)C(COC1OC(CO)C(O)C(O)C1OC(=O)CCCCCCCCCCCCC)NC(=O)C(O)CCCCCCCCCCCCCCCCCCCC. The maximum atomic E-state index is 13.4. The van der Waals surface area contributed by atoms with Crippen LogP contribution in [0.4, 0.5) is 0 Å². The van der Waals surface area contributed by atoms with Crippen LogP contribution >= 0.6 is 0 Å². The molecule has 0 saturated carbocycles. The minimum absolute atomic E-state index is 0.130. The van der Waals surface area contributed by atoms with Gasteiger partial charge in [0.25, 0.3) is 0 Å². The third-order valence-corrected chi connectivity index (χ3v) is 14.7. The number of amides is 1. The van der Waals surface area contributed by atoms with Crippen LogP contribution in [-0.4, -0.2) is 99.6 Å². The fraction of sp³-hybridized carbons (Fsp3) is 0.933. The van der Waals surface area contributed by atoms with E-state index in [1.165, 1.54) is 193 Å². The molecule has 1 rings (SSSR count). The normalized spacial score (nSPS) is 19.6. The van der Waals surface area contributed by atoms with Gasteiger partial charge in [-0.2, -0.15) is 0 Å². The Bertz CT molecular complexity index is 1210. The molecular weight excluding hydrogens is 895 g/mol. The average Bonchev–Trinajstić information content (AvgIpc) is 3.37. The van der Waals surface area contributed by atoms with Crippen molar-refractivity contribution in [1.29, 1.82) is 0 Å². The lowest BCUT2D eigenvalue weighted by molar-refractivity contribution is -0.305. The molecule has 6 N–H and O–H groups in total. The van der Waals surface area contributed by atoms with Gasteiger partial charge in [-0.05, 0) is 25.7 Å². The molecule has 0 radical (unpaired) electrons. The molecule has 8 atom stereocenters. The van der Waals surface area contributed by atoms with Gasteiger partial charge in [-0.3, -0.25) is 9.59 Å². The van der Waals surface area contributed by atoms with E-state index in [1.807, 2.05) is 6.08 Å². The van der Waals surface area contributed by atoms with Gasteiger partial charge >= 0.3 is 5.97 Å². The van der Waals surface area contributed by atoms with E-state index in [0.29, 0.717) is 19.3 Å². The quantitative estimate of drug-likeness (QED) is 0.0195. The molecule has 0 bridgehead atoms. The van der Waals surface area contributed by atoms with E-state index in [9.17, 15) is 35.1 Å². The lowest BCUT2D eigenvalue weighted by Gasteiger charge is -2.41. The number of hydrogen-bond acceptors (Lipinski definition) is 10. The molecule has 420 valence electrons. The number of unbranched alkanes of at least 4 members (excludes halogenated alkanes) is 38. The lowest BCUT2D eigenvalue weighted by Crippen LogP contribution is -2.61. The Morgan fingerprint density at radius 1 is 0.535 bits per heavy atom. The standard InChI is InChI=1S/C60H115NO10/c1-4-7-10-13-16-19-22-24-25-26-27-28-30-33-35-38-41-44-47-53(64)59(68)61-51(52(63)46-43-40-37-34-32-29-23-20-17-14-11-8-5-2)50-69-60-58(57(67)56(66)54(49-62)70-60)71-55(65)48-45-42-39-36-31-21-18-15-12-9-6-3/h43,46,51-54,56-58,60,62-64,66-67H,4-42,44-45,47-50H2,1-3H3,(H,61,68)/b46-43+. The summed E-state index contributed by atoms with van der Waals surface area (Å²) in [7, 11) is 0. The summed E-state index contributed by atoms with van der Waals surface area (Å²) >= 11 is 0. The Morgan fingerprint density at radius 2 is 0.915 bits per heavy atom. The van der Waals surface area contributed by atoms with E-state index in [2.05, 4.69) is 26.1 Å². The van der Waals surface area contributed by atoms with Gasteiger partial charge in [-0.1, -0.05) is 277 Å². The molecule has 0 spiro atoms. The number of hydrogen-bond donors (Lipinski definition) is 6. The second-order valence-electron chi connectivity index (χ2n) is 21.5. The number of esters is 1. The van der Waals surface area contributed by atoms with Crippen molar-refractivity contribution in [1.82, 2.24) is 5.32 Å². The molecular formula is C60H115NO10. The zero-order valence-corrected chi connectivity index (χ0v) is 46.4. The predicted octanol–water partition coefficient (Wildman–Crippen LogP) is 14.0. The van der Waals surface area contributed by atoms with Crippen molar-refractivity contribution < 1.29 is 49.3 Å². The molecule has 0 aromatic rings. The van der Waals surface area contributed by atoms with Gasteiger partial charge in [0.15, 0.2) is 12.4 Å². The zero-order chi connectivity index (χ0) is 51.8. The van der Waals surface area contributed by atoms with Crippen LogP contribution in [0.15, 0.2) is 12.2 Å². The van der Waals surface area contributed by atoms with Crippen molar-refractivity contribution in [3.63, 3.8) is 0 Å². The minimum Gasteiger partial charge on any atom is -0.454 e. The summed E-state index contributed by atoms with van der Waals surface area (Å²) in [6.07, 6.45) is 44.0. The highest BCUT2D eigenvalue weighted by molar-refractivity contribution is 5.80. The summed E-state index contributed by atoms with van der Waals surface area (Å²) in [5.74, 6) is -1.18. The molecule has 1 saturated heterocycles. The molecule has 11 nitrogen and oxygen atoms in total. The number of carbonyl (C=O) groups excluding carboxylic acids is 2. The molecule has 0 aromatic heterocycles. The molecule has 71 heavy (non-hydrogen) atoms. The number of nitrogens with one attached hydrogen (secondary N) is 1. The Labute approximate surface area is 436 Å². The van der Waals surface area contributed by atoms with Crippen molar-refractivity contribution in [3.05, 3.63) is 12.2 Å². The smallest absolute Gasteiger partial charge is 0.306 e. The highest BCUT2D eigenvalue weighted by Gasteiger charge is 2.47. The third kappa shape index (κ3) is 37.7. The van der Waals surface area contributed by atoms with Crippen molar-refractivity contribution in [2.24, 2.45) is 0 Å². The Balaban J connectivity index is 2.68. The first kappa shape index (κ1) is 67.4. The van der Waals surface area contributed by atoms with E-state index in [-0.39, 0.29) is 13.0 Å². The number of aliphatic hydroxyl groups excluding tert-OH is 5. The third-order valence-electron chi connectivity index (χ3n) is 14.7. The number of carbonyl (C=O) groups is 2. The fourth-order valence-electron chi connectivity index (χ4n) is 9.83. The summed E-state index contributed by atoms with van der Waals surface area (Å²) in [4.78, 5) is 26.5. The number of aliphatic hydroxyl groups is 5. The molecule has 8 unspecified atom stereocenters. The van der Waals surface area contributed by atoms with Gasteiger partial charge in [0.1, 0.15) is 24.4 Å². The number of rotatable bonds is 52. The van der Waals surface area contributed by atoms with Crippen LogP contribution < -0.4 is 5.32 Å². The maximum Gasteiger partial charge on any atom is 0.306 e. The molecule has 11 heteroatoms. The van der Waals surface area contributed by atoms with Gasteiger partial charge in [-0.15, -0.1) is 0 Å². The van der Waals surface area contributed by atoms with Crippen LogP contribution in [0.25, 0.3) is 0 Å². The first-order valence-corrected chi connectivity index (χ1v) is 30.5. The monoisotopic (exact) mass is 1010 g/mol. The van der Waals surface area contributed by atoms with E-state index < -0.39 is 67.4 Å². The molecule has 1 amide bonds. The first-order valence-electron chi connectivity index (χ1n) is 30.5. The summed E-state index contributed by atoms with van der Waals surface area (Å²) in [6.45, 7) is 5.80. The van der Waals surface area contributed by atoms with Crippen LogP contribution in [-0.2, 0) is 23.8 Å². The highest BCUT2D eigenvalue weighted by Crippen LogP contribution is 2.26. The first-order chi connectivity index (χ1) is 34.7. The van der Waals surface area contributed by atoms with Crippen LogP contribution in [0.1, 0.15) is 297 Å². The van der Waals surface area contributed by atoms with Crippen LogP contribution in [0, 0.1) is 0 Å². The van der Waals surface area contributed by atoms with Crippen LogP contribution in [0.2, 0.25) is 0 Å². The summed E-state index contributed by atoms with van der Waals surface area (Å²) in [5.41, 5.74) is 0. The summed E-state index contributed by atoms with van der Waals surface area (Å²) in [5, 5.41) is 56.9. The van der Waals surface area contributed by atoms with Crippen molar-refractivity contribution >= 4 is 11.9 Å². The van der Waals surface area contributed by atoms with Crippen molar-refractivity contribution in [3.8, 4) is 0 Å². The van der Waals surface area contributed by atoms with E-state index in [1.54, 1.807) is 6.08 Å².